The largest absolute Gasteiger partial charge is 0.218 e. The lowest BCUT2D eigenvalue weighted by Crippen LogP contribution is -2.36. The third-order valence-electron chi connectivity index (χ3n) is 3.45. The van der Waals surface area contributed by atoms with Crippen molar-refractivity contribution in [3.63, 3.8) is 0 Å². The summed E-state index contributed by atoms with van der Waals surface area (Å²) in [7, 11) is -3.25. The summed E-state index contributed by atoms with van der Waals surface area (Å²) in [6, 6.07) is 7.30. The molecule has 0 N–H and O–H groups in total. The Kier molecular flexibility index (Phi) is 4.30. The second kappa shape index (κ2) is 5.59. The molecule has 1 atom stereocenters. The lowest BCUT2D eigenvalue weighted by atomic mass is 10.2. The SMILES string of the molecule is CCC1CCCN1S(=O)(=O)Cc1ccccc1Cl. The van der Waals surface area contributed by atoms with Gasteiger partial charge in [-0.2, -0.15) is 4.31 Å². The second-order valence-electron chi connectivity index (χ2n) is 4.66. The van der Waals surface area contributed by atoms with Crippen LogP contribution in [0.25, 0.3) is 0 Å². The summed E-state index contributed by atoms with van der Waals surface area (Å²) in [5, 5.41) is 0.522. The van der Waals surface area contributed by atoms with Crippen LogP contribution in [0.3, 0.4) is 0 Å². The van der Waals surface area contributed by atoms with E-state index in [1.54, 1.807) is 16.4 Å². The molecule has 18 heavy (non-hydrogen) atoms. The minimum atomic E-state index is -3.25. The van der Waals surface area contributed by atoms with Crippen LogP contribution < -0.4 is 0 Å². The van der Waals surface area contributed by atoms with Crippen molar-refractivity contribution in [3.05, 3.63) is 34.9 Å². The third-order valence-corrected chi connectivity index (χ3v) is 5.69. The molecule has 1 aromatic carbocycles. The van der Waals surface area contributed by atoms with E-state index in [1.807, 2.05) is 19.1 Å². The van der Waals surface area contributed by atoms with Gasteiger partial charge in [0.05, 0.1) is 5.75 Å². The number of hydrogen-bond donors (Lipinski definition) is 0. The lowest BCUT2D eigenvalue weighted by molar-refractivity contribution is 0.379. The maximum atomic E-state index is 12.4. The van der Waals surface area contributed by atoms with E-state index in [9.17, 15) is 8.42 Å². The van der Waals surface area contributed by atoms with Gasteiger partial charge in [-0.1, -0.05) is 36.7 Å². The van der Waals surface area contributed by atoms with Crippen LogP contribution >= 0.6 is 11.6 Å². The summed E-state index contributed by atoms with van der Waals surface area (Å²) in [5.74, 6) is 0.00315. The van der Waals surface area contributed by atoms with Gasteiger partial charge in [0.15, 0.2) is 0 Å². The molecule has 0 amide bonds. The first kappa shape index (κ1) is 13.8. The van der Waals surface area contributed by atoms with E-state index in [0.717, 1.165) is 19.3 Å². The number of benzene rings is 1. The van der Waals surface area contributed by atoms with E-state index in [-0.39, 0.29) is 11.8 Å². The Bertz CT molecular complexity index is 515. The fourth-order valence-electron chi connectivity index (χ4n) is 2.48. The second-order valence-corrected chi connectivity index (χ2v) is 6.99. The maximum Gasteiger partial charge on any atom is 0.218 e. The monoisotopic (exact) mass is 287 g/mol. The molecule has 0 aromatic heterocycles. The molecule has 1 saturated heterocycles. The zero-order chi connectivity index (χ0) is 13.2. The van der Waals surface area contributed by atoms with Crippen LogP contribution in [0, 0.1) is 0 Å². The standard InChI is InChI=1S/C13H18ClNO2S/c1-2-12-7-5-9-15(12)18(16,17)10-11-6-3-4-8-13(11)14/h3-4,6,8,12H,2,5,7,9-10H2,1H3. The predicted octanol–water partition coefficient (Wildman–Crippen LogP) is 3.04. The predicted molar refractivity (Wildman–Crippen MR) is 74.1 cm³/mol. The van der Waals surface area contributed by atoms with Crippen molar-refractivity contribution in [2.75, 3.05) is 6.54 Å². The van der Waals surface area contributed by atoms with Crippen LogP contribution in [0.4, 0.5) is 0 Å². The Balaban J connectivity index is 2.20. The van der Waals surface area contributed by atoms with E-state index in [0.29, 0.717) is 17.1 Å². The Morgan fingerprint density at radius 3 is 2.78 bits per heavy atom. The van der Waals surface area contributed by atoms with Crippen LogP contribution in [0.15, 0.2) is 24.3 Å². The first-order chi connectivity index (χ1) is 8.54. The molecule has 0 radical (unpaired) electrons. The molecule has 0 spiro atoms. The van der Waals surface area contributed by atoms with Gasteiger partial charge in [-0.25, -0.2) is 8.42 Å². The van der Waals surface area contributed by atoms with E-state index in [1.165, 1.54) is 0 Å². The van der Waals surface area contributed by atoms with Crippen molar-refractivity contribution in [2.24, 2.45) is 0 Å². The van der Waals surface area contributed by atoms with Crippen molar-refractivity contribution in [2.45, 2.75) is 38.0 Å². The molecule has 0 aliphatic carbocycles. The van der Waals surface area contributed by atoms with Gasteiger partial charge in [0.1, 0.15) is 0 Å². The van der Waals surface area contributed by atoms with Gasteiger partial charge in [0, 0.05) is 17.6 Å². The average Bonchev–Trinajstić information content (AvgIpc) is 2.81. The number of hydrogen-bond acceptors (Lipinski definition) is 2. The molecule has 1 heterocycles. The molecular formula is C13H18ClNO2S. The summed E-state index contributed by atoms with van der Waals surface area (Å²) in [4.78, 5) is 0. The Morgan fingerprint density at radius 2 is 2.11 bits per heavy atom. The third kappa shape index (κ3) is 2.87. The highest BCUT2D eigenvalue weighted by molar-refractivity contribution is 7.88. The molecule has 3 nitrogen and oxygen atoms in total. The maximum absolute atomic E-state index is 12.4. The average molecular weight is 288 g/mol. The summed E-state index contributed by atoms with van der Waals surface area (Å²) in [5.41, 5.74) is 0.681. The highest BCUT2D eigenvalue weighted by Gasteiger charge is 2.33. The van der Waals surface area contributed by atoms with E-state index < -0.39 is 10.0 Å². The molecule has 5 heteroatoms. The van der Waals surface area contributed by atoms with Crippen molar-refractivity contribution in [1.82, 2.24) is 4.31 Å². The quantitative estimate of drug-likeness (QED) is 0.853. The molecule has 100 valence electrons. The molecule has 0 bridgehead atoms. The molecule has 2 rings (SSSR count). The number of rotatable bonds is 4. The highest BCUT2D eigenvalue weighted by atomic mass is 35.5. The summed E-state index contributed by atoms with van der Waals surface area (Å²) >= 11 is 6.02. The van der Waals surface area contributed by atoms with Crippen molar-refractivity contribution in [1.29, 1.82) is 0 Å². The van der Waals surface area contributed by atoms with Crippen LogP contribution in [0.1, 0.15) is 31.7 Å². The number of sulfonamides is 1. The zero-order valence-corrected chi connectivity index (χ0v) is 12.0. The van der Waals surface area contributed by atoms with Gasteiger partial charge >= 0.3 is 0 Å². The smallest absolute Gasteiger partial charge is 0.212 e. The van der Waals surface area contributed by atoms with Gasteiger partial charge in [0.2, 0.25) is 10.0 Å². The zero-order valence-electron chi connectivity index (χ0n) is 10.5. The topological polar surface area (TPSA) is 37.4 Å². The molecule has 1 aromatic rings. The number of nitrogens with zero attached hydrogens (tertiary/aromatic N) is 1. The fourth-order valence-corrected chi connectivity index (χ4v) is 4.69. The van der Waals surface area contributed by atoms with Crippen LogP contribution in [0.5, 0.6) is 0 Å². The van der Waals surface area contributed by atoms with Gasteiger partial charge in [-0.05, 0) is 30.9 Å². The molecule has 0 saturated carbocycles. The summed E-state index contributed by atoms with van der Waals surface area (Å²) in [6.07, 6.45) is 2.81. The van der Waals surface area contributed by atoms with Gasteiger partial charge in [0.25, 0.3) is 0 Å². The Morgan fingerprint density at radius 1 is 1.39 bits per heavy atom. The van der Waals surface area contributed by atoms with Gasteiger partial charge < -0.3 is 0 Å². The van der Waals surface area contributed by atoms with E-state index in [2.05, 4.69) is 0 Å². The van der Waals surface area contributed by atoms with Gasteiger partial charge in [-0.15, -0.1) is 0 Å². The Hall–Kier alpha value is -0.580. The van der Waals surface area contributed by atoms with E-state index >= 15 is 0 Å². The van der Waals surface area contributed by atoms with Crippen molar-refractivity contribution >= 4 is 21.6 Å². The Labute approximate surface area is 114 Å². The fraction of sp³-hybridized carbons (Fsp3) is 0.538. The molecule has 1 aliphatic heterocycles. The van der Waals surface area contributed by atoms with E-state index in [4.69, 9.17) is 11.6 Å². The molecule has 1 unspecified atom stereocenters. The molecule has 1 aliphatic rings. The first-order valence-corrected chi connectivity index (χ1v) is 8.26. The molecule has 1 fully saturated rings. The molecular weight excluding hydrogens is 270 g/mol. The highest BCUT2D eigenvalue weighted by Crippen LogP contribution is 2.27. The summed E-state index contributed by atoms with van der Waals surface area (Å²) in [6.45, 7) is 2.68. The minimum Gasteiger partial charge on any atom is -0.212 e. The van der Waals surface area contributed by atoms with Crippen LogP contribution in [0.2, 0.25) is 5.02 Å². The first-order valence-electron chi connectivity index (χ1n) is 6.27. The number of halogens is 1. The van der Waals surface area contributed by atoms with Crippen molar-refractivity contribution < 1.29 is 8.42 Å². The van der Waals surface area contributed by atoms with Crippen LogP contribution in [-0.4, -0.2) is 25.3 Å². The normalized spacial score (nSPS) is 21.3. The lowest BCUT2D eigenvalue weighted by Gasteiger charge is -2.23. The summed E-state index contributed by atoms with van der Waals surface area (Å²) < 4.78 is 26.4. The van der Waals surface area contributed by atoms with Gasteiger partial charge in [-0.3, -0.25) is 0 Å². The van der Waals surface area contributed by atoms with Crippen LogP contribution in [-0.2, 0) is 15.8 Å². The van der Waals surface area contributed by atoms with Crippen molar-refractivity contribution in [3.8, 4) is 0 Å². The minimum absolute atomic E-state index is 0.00315.